The van der Waals surface area contributed by atoms with Gasteiger partial charge in [-0.25, -0.2) is 0 Å². The third-order valence-electron chi connectivity index (χ3n) is 2.73. The second-order valence-corrected chi connectivity index (χ2v) is 4.32. The molecule has 1 heterocycles. The fourth-order valence-electron chi connectivity index (χ4n) is 1.88. The van der Waals surface area contributed by atoms with Crippen LogP contribution in [0.15, 0.2) is 23.1 Å². The van der Waals surface area contributed by atoms with Crippen LogP contribution in [0.25, 0.3) is 0 Å². The molecule has 70 valence electrons. The average molecular weight is 193 g/mol. The number of anilines is 1. The minimum absolute atomic E-state index is 0.728. The smallest absolute Gasteiger partial charge is 0.0387 e. The summed E-state index contributed by atoms with van der Waals surface area (Å²) in [4.78, 5) is 1.35. The molecule has 1 aliphatic heterocycles. The minimum atomic E-state index is 0.728. The van der Waals surface area contributed by atoms with Crippen molar-refractivity contribution in [2.24, 2.45) is 0 Å². The van der Waals surface area contributed by atoms with Crippen molar-refractivity contribution in [2.75, 3.05) is 18.1 Å². The number of rotatable bonds is 2. The molecule has 2 rings (SSSR count). The Morgan fingerprint density at radius 3 is 3.08 bits per heavy atom. The third-order valence-corrected chi connectivity index (χ3v) is 3.46. The summed E-state index contributed by atoms with van der Waals surface area (Å²) in [7, 11) is 0. The van der Waals surface area contributed by atoms with Crippen molar-refractivity contribution in [1.82, 2.24) is 0 Å². The number of hydrogen-bond donors (Lipinski definition) is 1. The van der Waals surface area contributed by atoms with Gasteiger partial charge in [-0.1, -0.05) is 13.0 Å². The molecule has 1 N–H and O–H groups in total. The summed E-state index contributed by atoms with van der Waals surface area (Å²) < 4.78 is 0. The van der Waals surface area contributed by atoms with Gasteiger partial charge in [-0.2, -0.15) is 0 Å². The standard InChI is InChI=1S/C11H15NS/c1-3-8-7-12-11-6-9(13-2)4-5-10(8)11/h4-6,8,12H,3,7H2,1-2H3. The molecule has 0 radical (unpaired) electrons. The highest BCUT2D eigenvalue weighted by atomic mass is 32.2. The molecule has 13 heavy (non-hydrogen) atoms. The summed E-state index contributed by atoms with van der Waals surface area (Å²) in [6.07, 6.45) is 3.35. The number of benzene rings is 1. The molecular weight excluding hydrogens is 178 g/mol. The van der Waals surface area contributed by atoms with E-state index in [1.54, 1.807) is 11.8 Å². The molecule has 1 aromatic carbocycles. The summed E-state index contributed by atoms with van der Waals surface area (Å²) >= 11 is 1.80. The third kappa shape index (κ3) is 1.55. The predicted molar refractivity (Wildman–Crippen MR) is 59.7 cm³/mol. The first-order valence-electron chi connectivity index (χ1n) is 4.77. The van der Waals surface area contributed by atoms with E-state index >= 15 is 0 Å². The Morgan fingerprint density at radius 1 is 1.54 bits per heavy atom. The average Bonchev–Trinajstić information content (AvgIpc) is 2.59. The molecule has 0 aliphatic carbocycles. The number of nitrogens with one attached hydrogen (secondary N) is 1. The monoisotopic (exact) mass is 193 g/mol. The van der Waals surface area contributed by atoms with E-state index in [1.165, 1.54) is 22.6 Å². The molecule has 1 unspecified atom stereocenters. The van der Waals surface area contributed by atoms with Gasteiger partial charge >= 0.3 is 0 Å². The Kier molecular flexibility index (Phi) is 2.49. The van der Waals surface area contributed by atoms with Crippen LogP contribution in [0, 0.1) is 0 Å². The molecule has 1 nitrogen and oxygen atoms in total. The van der Waals surface area contributed by atoms with Crippen molar-refractivity contribution in [2.45, 2.75) is 24.2 Å². The highest BCUT2D eigenvalue weighted by molar-refractivity contribution is 7.98. The van der Waals surface area contributed by atoms with Gasteiger partial charge in [0.25, 0.3) is 0 Å². The first-order chi connectivity index (χ1) is 6.35. The van der Waals surface area contributed by atoms with Crippen molar-refractivity contribution in [3.8, 4) is 0 Å². The van der Waals surface area contributed by atoms with Crippen LogP contribution in [-0.2, 0) is 0 Å². The quantitative estimate of drug-likeness (QED) is 0.723. The van der Waals surface area contributed by atoms with E-state index in [9.17, 15) is 0 Å². The molecular formula is C11H15NS. The Labute approximate surface area is 83.9 Å². The topological polar surface area (TPSA) is 12.0 Å². The van der Waals surface area contributed by atoms with Crippen molar-refractivity contribution >= 4 is 17.4 Å². The molecule has 0 saturated carbocycles. The fraction of sp³-hybridized carbons (Fsp3) is 0.455. The van der Waals surface area contributed by atoms with Crippen molar-refractivity contribution in [3.63, 3.8) is 0 Å². The van der Waals surface area contributed by atoms with Crippen LogP contribution in [0.4, 0.5) is 5.69 Å². The first kappa shape index (κ1) is 8.95. The molecule has 0 spiro atoms. The van der Waals surface area contributed by atoms with Crippen LogP contribution in [0.5, 0.6) is 0 Å². The maximum atomic E-state index is 3.46. The van der Waals surface area contributed by atoms with Gasteiger partial charge in [-0.3, -0.25) is 0 Å². The lowest BCUT2D eigenvalue weighted by atomic mass is 9.99. The van der Waals surface area contributed by atoms with Crippen molar-refractivity contribution in [1.29, 1.82) is 0 Å². The molecule has 0 aromatic heterocycles. The maximum Gasteiger partial charge on any atom is 0.0387 e. The fourth-order valence-corrected chi connectivity index (χ4v) is 2.32. The molecule has 0 fully saturated rings. The largest absolute Gasteiger partial charge is 0.384 e. The minimum Gasteiger partial charge on any atom is -0.384 e. The summed E-state index contributed by atoms with van der Waals surface area (Å²) in [5, 5.41) is 3.46. The van der Waals surface area contributed by atoms with E-state index in [4.69, 9.17) is 0 Å². The summed E-state index contributed by atoms with van der Waals surface area (Å²) in [5.74, 6) is 0.728. The number of hydrogen-bond acceptors (Lipinski definition) is 2. The number of thioether (sulfide) groups is 1. The second kappa shape index (κ2) is 3.62. The van der Waals surface area contributed by atoms with Gasteiger partial charge < -0.3 is 5.32 Å². The lowest BCUT2D eigenvalue weighted by molar-refractivity contribution is 0.727. The van der Waals surface area contributed by atoms with Crippen LogP contribution in [0.3, 0.4) is 0 Å². The van der Waals surface area contributed by atoms with Crippen molar-refractivity contribution < 1.29 is 0 Å². The van der Waals surface area contributed by atoms with Crippen LogP contribution in [-0.4, -0.2) is 12.8 Å². The Bertz CT molecular complexity index is 309. The van der Waals surface area contributed by atoms with Crippen LogP contribution in [0.2, 0.25) is 0 Å². The zero-order valence-electron chi connectivity index (χ0n) is 8.13. The van der Waals surface area contributed by atoms with Gasteiger partial charge in [-0.05, 0) is 30.4 Å². The molecule has 1 aliphatic rings. The maximum absolute atomic E-state index is 3.46. The van der Waals surface area contributed by atoms with Crippen molar-refractivity contribution in [3.05, 3.63) is 23.8 Å². The molecule has 0 bridgehead atoms. The highest BCUT2D eigenvalue weighted by Gasteiger charge is 2.19. The zero-order chi connectivity index (χ0) is 9.26. The van der Waals surface area contributed by atoms with E-state index in [-0.39, 0.29) is 0 Å². The molecule has 2 heteroatoms. The van der Waals surface area contributed by atoms with E-state index in [0.29, 0.717) is 0 Å². The highest BCUT2D eigenvalue weighted by Crippen LogP contribution is 2.35. The first-order valence-corrected chi connectivity index (χ1v) is 5.99. The normalized spacial score (nSPS) is 19.7. The Morgan fingerprint density at radius 2 is 2.38 bits per heavy atom. The van der Waals surface area contributed by atoms with Gasteiger partial charge in [0.2, 0.25) is 0 Å². The van der Waals surface area contributed by atoms with Gasteiger partial charge in [-0.15, -0.1) is 11.8 Å². The van der Waals surface area contributed by atoms with Gasteiger partial charge in [0, 0.05) is 23.0 Å². The lowest BCUT2D eigenvalue weighted by Crippen LogP contribution is -1.99. The zero-order valence-corrected chi connectivity index (χ0v) is 8.95. The van der Waals surface area contributed by atoms with Crippen LogP contribution < -0.4 is 5.32 Å². The molecule has 0 amide bonds. The summed E-state index contributed by atoms with van der Waals surface area (Å²) in [6, 6.07) is 6.75. The number of fused-ring (bicyclic) bond motifs is 1. The van der Waals surface area contributed by atoms with Gasteiger partial charge in [0.15, 0.2) is 0 Å². The van der Waals surface area contributed by atoms with E-state index < -0.39 is 0 Å². The van der Waals surface area contributed by atoms with E-state index in [2.05, 4.69) is 36.7 Å². The molecule has 1 aromatic rings. The Hall–Kier alpha value is -0.630. The van der Waals surface area contributed by atoms with Crippen LogP contribution >= 0.6 is 11.8 Å². The second-order valence-electron chi connectivity index (χ2n) is 3.44. The summed E-state index contributed by atoms with van der Waals surface area (Å²) in [6.45, 7) is 3.37. The van der Waals surface area contributed by atoms with E-state index in [1.807, 2.05) is 0 Å². The Balaban J connectivity index is 2.34. The van der Waals surface area contributed by atoms with Gasteiger partial charge in [0.1, 0.15) is 0 Å². The van der Waals surface area contributed by atoms with Crippen LogP contribution in [0.1, 0.15) is 24.8 Å². The predicted octanol–water partition coefficient (Wildman–Crippen LogP) is 3.33. The SMILES string of the molecule is CCC1CNc2cc(SC)ccc21. The lowest BCUT2D eigenvalue weighted by Gasteiger charge is -2.06. The summed E-state index contributed by atoms with van der Waals surface area (Å²) in [5.41, 5.74) is 2.85. The van der Waals surface area contributed by atoms with E-state index in [0.717, 1.165) is 12.5 Å². The molecule has 0 saturated heterocycles. The van der Waals surface area contributed by atoms with Gasteiger partial charge in [0.05, 0.1) is 0 Å². The molecule has 1 atom stereocenters.